The number of hydrogen-bond donors (Lipinski definition) is 1. The van der Waals surface area contributed by atoms with Gasteiger partial charge in [-0.2, -0.15) is 0 Å². The van der Waals surface area contributed by atoms with Gasteiger partial charge in [0.2, 0.25) is 0 Å². The maximum Gasteiger partial charge on any atom is 0.328 e. The minimum Gasteiger partial charge on any atom is -0.295 e. The molecule has 0 atom stereocenters. The largest absolute Gasteiger partial charge is 0.328 e. The van der Waals surface area contributed by atoms with Gasteiger partial charge < -0.3 is 0 Å². The number of rotatable bonds is 2. The Morgan fingerprint density at radius 1 is 1.22 bits per heavy atom. The van der Waals surface area contributed by atoms with Gasteiger partial charge in [0.15, 0.2) is 11.6 Å². The van der Waals surface area contributed by atoms with E-state index in [1.807, 2.05) is 0 Å². The number of halogens is 3. The van der Waals surface area contributed by atoms with Gasteiger partial charge in [0.05, 0.1) is 10.1 Å². The van der Waals surface area contributed by atoms with E-state index in [0.29, 0.717) is 9.13 Å². The predicted molar refractivity (Wildman–Crippen MR) is 69.5 cm³/mol. The molecule has 0 aliphatic heterocycles. The lowest BCUT2D eigenvalue weighted by Crippen LogP contribution is -2.31. The summed E-state index contributed by atoms with van der Waals surface area (Å²) in [4.78, 5) is 24.8. The van der Waals surface area contributed by atoms with Crippen molar-refractivity contribution in [3.63, 3.8) is 0 Å². The number of nitrogens with one attached hydrogen (secondary N) is 1. The van der Waals surface area contributed by atoms with Gasteiger partial charge in [0.25, 0.3) is 5.56 Å². The standard InChI is InChI=1S/C11H7F2IN2O2/c12-7-2-1-6(3-8(7)13)4-16-5-9(14)10(17)15-11(16)18/h1-3,5H,4H2,(H,15,17,18). The molecule has 2 aromatic rings. The number of H-pyrrole nitrogens is 1. The third kappa shape index (κ3) is 2.66. The molecule has 1 heterocycles. The van der Waals surface area contributed by atoms with Crippen LogP contribution in [0.1, 0.15) is 5.56 Å². The van der Waals surface area contributed by atoms with Gasteiger partial charge >= 0.3 is 5.69 Å². The Morgan fingerprint density at radius 2 is 1.94 bits per heavy atom. The molecule has 0 aliphatic carbocycles. The van der Waals surface area contributed by atoms with E-state index in [0.717, 1.165) is 12.1 Å². The lowest BCUT2D eigenvalue weighted by atomic mass is 10.2. The van der Waals surface area contributed by atoms with Gasteiger partial charge in [-0.05, 0) is 40.3 Å². The molecule has 0 bridgehead atoms. The van der Waals surface area contributed by atoms with E-state index in [2.05, 4.69) is 4.98 Å². The normalized spacial score (nSPS) is 10.6. The van der Waals surface area contributed by atoms with Crippen LogP contribution in [0.5, 0.6) is 0 Å². The summed E-state index contributed by atoms with van der Waals surface area (Å²) in [5.74, 6) is -1.91. The second-order valence-electron chi connectivity index (χ2n) is 3.61. The minimum absolute atomic E-state index is 0.0583. The molecule has 0 aliphatic rings. The molecular formula is C11H7F2IN2O2. The minimum atomic E-state index is -0.973. The Balaban J connectivity index is 2.40. The zero-order chi connectivity index (χ0) is 13.3. The third-order valence-electron chi connectivity index (χ3n) is 2.30. The zero-order valence-corrected chi connectivity index (χ0v) is 11.1. The molecule has 0 saturated carbocycles. The molecule has 4 nitrogen and oxygen atoms in total. The third-order valence-corrected chi connectivity index (χ3v) is 3.07. The molecule has 1 aromatic heterocycles. The van der Waals surface area contributed by atoms with Crippen LogP contribution in [0.3, 0.4) is 0 Å². The van der Waals surface area contributed by atoms with Gasteiger partial charge in [-0.15, -0.1) is 0 Å². The fourth-order valence-electron chi connectivity index (χ4n) is 1.43. The van der Waals surface area contributed by atoms with Crippen LogP contribution in [-0.2, 0) is 6.54 Å². The van der Waals surface area contributed by atoms with Crippen LogP contribution in [-0.4, -0.2) is 9.55 Å². The van der Waals surface area contributed by atoms with Gasteiger partial charge in [-0.3, -0.25) is 14.3 Å². The van der Waals surface area contributed by atoms with Crippen LogP contribution in [0.15, 0.2) is 34.0 Å². The highest BCUT2D eigenvalue weighted by Gasteiger charge is 2.06. The Morgan fingerprint density at radius 3 is 2.61 bits per heavy atom. The van der Waals surface area contributed by atoms with E-state index in [1.165, 1.54) is 16.8 Å². The molecule has 0 saturated heterocycles. The first-order chi connectivity index (χ1) is 8.47. The molecule has 2 rings (SSSR count). The number of aromatic amines is 1. The fourth-order valence-corrected chi connectivity index (χ4v) is 1.91. The van der Waals surface area contributed by atoms with Gasteiger partial charge in [-0.25, -0.2) is 13.6 Å². The fraction of sp³-hybridized carbons (Fsp3) is 0.0909. The SMILES string of the molecule is O=c1[nH]c(=O)n(Cc2ccc(F)c(F)c2)cc1I. The first kappa shape index (κ1) is 12.9. The van der Waals surface area contributed by atoms with E-state index in [1.54, 1.807) is 22.6 Å². The lowest BCUT2D eigenvalue weighted by molar-refractivity contribution is 0.506. The van der Waals surface area contributed by atoms with Crippen molar-refractivity contribution in [3.8, 4) is 0 Å². The molecule has 0 spiro atoms. The predicted octanol–water partition coefficient (Wildman–Crippen LogP) is 1.47. The summed E-state index contributed by atoms with van der Waals surface area (Å²) in [6.07, 6.45) is 1.36. The quantitative estimate of drug-likeness (QED) is 0.821. The summed E-state index contributed by atoms with van der Waals surface area (Å²) in [7, 11) is 0. The molecule has 0 unspecified atom stereocenters. The van der Waals surface area contributed by atoms with Crippen LogP contribution < -0.4 is 11.2 Å². The molecule has 0 radical (unpaired) electrons. The molecule has 1 N–H and O–H groups in total. The van der Waals surface area contributed by atoms with Gasteiger partial charge in [0.1, 0.15) is 0 Å². The van der Waals surface area contributed by atoms with E-state index in [9.17, 15) is 18.4 Å². The Labute approximate surface area is 113 Å². The zero-order valence-electron chi connectivity index (χ0n) is 8.91. The van der Waals surface area contributed by atoms with Crippen LogP contribution >= 0.6 is 22.6 Å². The molecule has 7 heteroatoms. The second-order valence-corrected chi connectivity index (χ2v) is 4.77. The van der Waals surface area contributed by atoms with Crippen LogP contribution in [0.4, 0.5) is 8.78 Å². The summed E-state index contributed by atoms with van der Waals surface area (Å²) in [5.41, 5.74) is -0.633. The first-order valence-electron chi connectivity index (χ1n) is 4.90. The van der Waals surface area contributed by atoms with Crippen molar-refractivity contribution in [1.82, 2.24) is 9.55 Å². The van der Waals surface area contributed by atoms with E-state index in [-0.39, 0.29) is 6.54 Å². The van der Waals surface area contributed by atoms with Crippen molar-refractivity contribution in [2.24, 2.45) is 0 Å². The number of nitrogens with zero attached hydrogens (tertiary/aromatic N) is 1. The summed E-state index contributed by atoms with van der Waals surface area (Å²) >= 11 is 1.78. The van der Waals surface area contributed by atoms with Crippen molar-refractivity contribution in [2.75, 3.05) is 0 Å². The number of hydrogen-bond acceptors (Lipinski definition) is 2. The topological polar surface area (TPSA) is 54.9 Å². The van der Waals surface area contributed by atoms with Gasteiger partial charge in [-0.1, -0.05) is 6.07 Å². The monoisotopic (exact) mass is 364 g/mol. The Hall–Kier alpha value is -1.51. The molecule has 0 amide bonds. The molecule has 94 valence electrons. The van der Waals surface area contributed by atoms with Crippen LogP contribution in [0.2, 0.25) is 0 Å². The Bertz CT molecular complexity index is 709. The number of benzene rings is 1. The summed E-state index contributed by atoms with van der Waals surface area (Å²) in [6, 6.07) is 3.38. The van der Waals surface area contributed by atoms with Crippen LogP contribution in [0.25, 0.3) is 0 Å². The molecular weight excluding hydrogens is 357 g/mol. The smallest absolute Gasteiger partial charge is 0.295 e. The maximum absolute atomic E-state index is 13.0. The van der Waals surface area contributed by atoms with Crippen molar-refractivity contribution >= 4 is 22.6 Å². The average Bonchev–Trinajstić information content (AvgIpc) is 2.31. The van der Waals surface area contributed by atoms with Crippen molar-refractivity contribution in [3.05, 3.63) is 66.0 Å². The van der Waals surface area contributed by atoms with Crippen molar-refractivity contribution in [2.45, 2.75) is 6.54 Å². The highest BCUT2D eigenvalue weighted by molar-refractivity contribution is 14.1. The second kappa shape index (κ2) is 5.01. The summed E-state index contributed by atoms with van der Waals surface area (Å²) in [5, 5.41) is 0. The number of aromatic nitrogens is 2. The van der Waals surface area contributed by atoms with E-state index < -0.39 is 22.9 Å². The van der Waals surface area contributed by atoms with E-state index >= 15 is 0 Å². The summed E-state index contributed by atoms with van der Waals surface area (Å²) in [6.45, 7) is 0.0583. The van der Waals surface area contributed by atoms with E-state index in [4.69, 9.17) is 0 Å². The molecule has 1 aromatic carbocycles. The molecule has 18 heavy (non-hydrogen) atoms. The van der Waals surface area contributed by atoms with Crippen molar-refractivity contribution in [1.29, 1.82) is 0 Å². The van der Waals surface area contributed by atoms with Gasteiger partial charge in [0, 0.05) is 6.20 Å². The average molecular weight is 364 g/mol. The van der Waals surface area contributed by atoms with Crippen molar-refractivity contribution < 1.29 is 8.78 Å². The Kier molecular flexibility index (Phi) is 3.60. The maximum atomic E-state index is 13.0. The lowest BCUT2D eigenvalue weighted by Gasteiger charge is -2.06. The summed E-state index contributed by atoms with van der Waals surface area (Å²) < 4.78 is 27.3. The first-order valence-corrected chi connectivity index (χ1v) is 5.98. The highest BCUT2D eigenvalue weighted by Crippen LogP contribution is 2.09. The highest BCUT2D eigenvalue weighted by atomic mass is 127. The molecule has 0 fully saturated rings. The van der Waals surface area contributed by atoms with Crippen LogP contribution in [0, 0.1) is 15.2 Å².